The fourth-order valence-corrected chi connectivity index (χ4v) is 10.3. The van der Waals surface area contributed by atoms with Gasteiger partial charge in [-0.3, -0.25) is 14.9 Å². The van der Waals surface area contributed by atoms with Crippen LogP contribution in [-0.4, -0.2) is 56.8 Å². The Bertz CT molecular complexity index is 1350. The summed E-state index contributed by atoms with van der Waals surface area (Å²) in [6, 6.07) is 3.23. The molecule has 11 heteroatoms. The number of hydrogen-bond acceptors (Lipinski definition) is 10. The van der Waals surface area contributed by atoms with Crippen LogP contribution in [0.15, 0.2) is 16.8 Å². The third-order valence-corrected chi connectivity index (χ3v) is 12.5. The lowest BCUT2D eigenvalue weighted by atomic mass is 9.43. The number of ether oxygens (including phenoxy) is 1. The molecule has 4 saturated carbocycles. The molecular weight excluding hydrogens is 540 g/mol. The molecule has 42 heavy (non-hydrogen) atoms. The van der Waals surface area contributed by atoms with Crippen LogP contribution in [0.4, 0.5) is 11.4 Å². The minimum Gasteiger partial charge on any atom is -0.469 e. The Morgan fingerprint density at radius 1 is 1.17 bits per heavy atom. The quantitative estimate of drug-likeness (QED) is 0.227. The van der Waals surface area contributed by atoms with Crippen LogP contribution in [-0.2, 0) is 9.53 Å². The molecule has 0 aliphatic heterocycles. The molecule has 1 heterocycles. The number of nitrogens with one attached hydrogen (secondary N) is 1. The topological polar surface area (TPSA) is 161 Å². The Hall–Kier alpha value is -2.79. The van der Waals surface area contributed by atoms with Crippen LogP contribution in [0.3, 0.4) is 0 Å². The highest BCUT2D eigenvalue weighted by molar-refractivity contribution is 5.93. The Balaban J connectivity index is 1.19. The number of anilines is 1. The summed E-state index contributed by atoms with van der Waals surface area (Å²) in [5.74, 6) is 1.37. The summed E-state index contributed by atoms with van der Waals surface area (Å²) >= 11 is 0. The molecule has 11 nitrogen and oxygen atoms in total. The van der Waals surface area contributed by atoms with Crippen molar-refractivity contribution in [1.82, 2.24) is 10.3 Å². The second kappa shape index (κ2) is 10.7. The third kappa shape index (κ3) is 4.49. The summed E-state index contributed by atoms with van der Waals surface area (Å²) in [6.07, 6.45) is 6.52. The monoisotopic (exact) mass is 584 g/mol. The molecule has 1 aromatic carbocycles. The van der Waals surface area contributed by atoms with Crippen LogP contribution >= 0.6 is 0 Å². The highest BCUT2D eigenvalue weighted by Crippen LogP contribution is 2.68. The number of rotatable bonds is 7. The highest BCUT2D eigenvalue weighted by atomic mass is 16.6. The van der Waals surface area contributed by atoms with E-state index in [9.17, 15) is 25.1 Å². The fraction of sp³-hybridized carbons (Fsp3) is 0.774. The number of nitrogens with zero attached hydrogens (tertiary/aromatic N) is 3. The van der Waals surface area contributed by atoms with Crippen LogP contribution in [0, 0.1) is 56.5 Å². The van der Waals surface area contributed by atoms with Crippen molar-refractivity contribution in [2.45, 2.75) is 96.8 Å². The number of benzene rings is 1. The number of nitro groups is 1. The van der Waals surface area contributed by atoms with E-state index in [1.165, 1.54) is 13.2 Å². The van der Waals surface area contributed by atoms with Gasteiger partial charge in [0.15, 0.2) is 5.52 Å². The lowest BCUT2D eigenvalue weighted by molar-refractivity contribution is -0.383. The first-order valence-electron chi connectivity index (χ1n) is 15.6. The van der Waals surface area contributed by atoms with Crippen molar-refractivity contribution in [2.24, 2.45) is 46.3 Å². The first-order valence-corrected chi connectivity index (χ1v) is 15.6. The van der Waals surface area contributed by atoms with E-state index in [4.69, 9.17) is 9.37 Å². The molecule has 11 atom stereocenters. The molecule has 3 N–H and O–H groups in total. The summed E-state index contributed by atoms with van der Waals surface area (Å²) in [5, 5.41) is 46.2. The third-order valence-electron chi connectivity index (χ3n) is 12.5. The molecule has 1 aromatic heterocycles. The highest BCUT2D eigenvalue weighted by Gasteiger charge is 2.65. The average Bonchev–Trinajstić information content (AvgIpc) is 3.59. The summed E-state index contributed by atoms with van der Waals surface area (Å²) in [7, 11) is 1.43. The van der Waals surface area contributed by atoms with Crippen molar-refractivity contribution in [2.75, 3.05) is 12.4 Å². The predicted molar refractivity (Wildman–Crippen MR) is 154 cm³/mol. The van der Waals surface area contributed by atoms with Crippen molar-refractivity contribution in [3.05, 3.63) is 22.2 Å². The van der Waals surface area contributed by atoms with Gasteiger partial charge in [0.05, 0.1) is 29.9 Å². The molecule has 4 fully saturated rings. The number of aliphatic hydroxyl groups excluding tert-OH is 2. The summed E-state index contributed by atoms with van der Waals surface area (Å²) in [6.45, 7) is 6.83. The first kappa shape index (κ1) is 29.3. The smallest absolute Gasteiger partial charge is 0.305 e. The van der Waals surface area contributed by atoms with Gasteiger partial charge in [0.25, 0.3) is 0 Å². The zero-order chi connectivity index (χ0) is 30.0. The van der Waals surface area contributed by atoms with Crippen molar-refractivity contribution in [3.8, 4) is 0 Å². The van der Waals surface area contributed by atoms with Crippen LogP contribution in [0.5, 0.6) is 0 Å². The Labute approximate surface area is 245 Å². The number of aromatic nitrogens is 2. The van der Waals surface area contributed by atoms with Crippen molar-refractivity contribution < 1.29 is 29.3 Å². The van der Waals surface area contributed by atoms with Crippen molar-refractivity contribution in [3.63, 3.8) is 0 Å². The van der Waals surface area contributed by atoms with E-state index in [1.54, 1.807) is 6.07 Å². The van der Waals surface area contributed by atoms with Crippen LogP contribution in [0.25, 0.3) is 11.0 Å². The fourth-order valence-electron chi connectivity index (χ4n) is 10.3. The molecule has 6 rings (SSSR count). The van der Waals surface area contributed by atoms with E-state index in [2.05, 4.69) is 36.4 Å². The standard InChI is InChI=1S/C31H44N4O7/c1-16(5-10-26(38)41-4)19-6-7-20-27-21(15-25(37)31(19,20)3)30(2)12-11-18(13-17(30)14-24(27)36)32-22-8-9-23(35(39)40)29-28(22)33-42-34-29/h8-9,16-21,24-25,27,32,36-37H,5-7,10-15H2,1-4H3/t16-,17+,18-,19-,20+,21+,24-,25+,27+,30+,31-/m1/s1. The van der Waals surface area contributed by atoms with Gasteiger partial charge in [0, 0.05) is 18.5 Å². The first-order chi connectivity index (χ1) is 20.0. The molecule has 4 aliphatic rings. The van der Waals surface area contributed by atoms with Gasteiger partial charge in [0.1, 0.15) is 0 Å². The number of carbonyl (C=O) groups excluding carboxylic acids is 1. The number of hydrogen-bond donors (Lipinski definition) is 3. The van der Waals surface area contributed by atoms with E-state index in [0.29, 0.717) is 35.9 Å². The lowest BCUT2D eigenvalue weighted by Gasteiger charge is -2.63. The van der Waals surface area contributed by atoms with E-state index in [-0.39, 0.29) is 57.7 Å². The number of aliphatic hydroxyl groups is 2. The van der Waals surface area contributed by atoms with Crippen LogP contribution in [0.2, 0.25) is 0 Å². The molecule has 0 unspecified atom stereocenters. The Morgan fingerprint density at radius 3 is 2.67 bits per heavy atom. The number of fused-ring (bicyclic) bond motifs is 6. The largest absolute Gasteiger partial charge is 0.469 e. The number of nitro benzene ring substituents is 1. The van der Waals surface area contributed by atoms with Gasteiger partial charge in [-0.1, -0.05) is 20.8 Å². The Kier molecular flexibility index (Phi) is 7.48. The lowest BCUT2D eigenvalue weighted by Crippen LogP contribution is -2.62. The zero-order valence-electron chi connectivity index (χ0n) is 25.0. The Morgan fingerprint density at radius 2 is 1.93 bits per heavy atom. The molecular formula is C31H44N4O7. The van der Waals surface area contributed by atoms with Gasteiger partial charge in [-0.2, -0.15) is 0 Å². The maximum Gasteiger partial charge on any atom is 0.305 e. The maximum absolute atomic E-state index is 11.8. The molecule has 0 spiro atoms. The zero-order valence-corrected chi connectivity index (χ0v) is 25.0. The molecule has 0 radical (unpaired) electrons. The number of non-ortho nitro benzene ring substituents is 1. The molecule has 4 aliphatic carbocycles. The second-order valence-corrected chi connectivity index (χ2v) is 14.2. The van der Waals surface area contributed by atoms with Crippen LogP contribution in [0.1, 0.15) is 78.6 Å². The number of carbonyl (C=O) groups is 1. The van der Waals surface area contributed by atoms with Gasteiger partial charge in [-0.15, -0.1) is 0 Å². The predicted octanol–water partition coefficient (Wildman–Crippen LogP) is 5.10. The van der Waals surface area contributed by atoms with Gasteiger partial charge in [-0.05, 0) is 114 Å². The number of esters is 1. The number of methoxy groups -OCH3 is 1. The van der Waals surface area contributed by atoms with Gasteiger partial charge in [0.2, 0.25) is 5.52 Å². The molecule has 0 saturated heterocycles. The minimum absolute atomic E-state index is 0.0131. The van der Waals surface area contributed by atoms with Crippen LogP contribution < -0.4 is 5.32 Å². The van der Waals surface area contributed by atoms with E-state index < -0.39 is 17.1 Å². The minimum atomic E-state index is -0.485. The van der Waals surface area contributed by atoms with E-state index >= 15 is 0 Å². The molecule has 0 amide bonds. The van der Waals surface area contributed by atoms with Gasteiger partial charge in [-0.25, -0.2) is 4.63 Å². The molecule has 230 valence electrons. The summed E-state index contributed by atoms with van der Waals surface area (Å²) in [4.78, 5) is 22.7. The van der Waals surface area contributed by atoms with E-state index in [1.807, 2.05) is 0 Å². The summed E-state index contributed by atoms with van der Waals surface area (Å²) in [5.41, 5.74) is 0.764. The SMILES string of the molecule is COC(=O)CC[C@@H](C)[C@H]1CC[C@H]2[C@@H]3[C@H](O)C[C@@H]4C[C@H](Nc5ccc([N+](=O)[O-])c6nonc56)CC[C@]4(C)[C@H]3C[C@H](O)[C@]12C. The van der Waals surface area contributed by atoms with Crippen molar-refractivity contribution in [1.29, 1.82) is 0 Å². The average molecular weight is 585 g/mol. The molecule has 2 aromatic rings. The van der Waals surface area contributed by atoms with E-state index in [0.717, 1.165) is 44.9 Å². The molecule has 0 bridgehead atoms. The normalized spacial score (nSPS) is 40.0. The van der Waals surface area contributed by atoms with Gasteiger partial charge >= 0.3 is 11.7 Å². The van der Waals surface area contributed by atoms with Gasteiger partial charge < -0.3 is 20.3 Å². The maximum atomic E-state index is 11.8. The summed E-state index contributed by atoms with van der Waals surface area (Å²) < 4.78 is 9.71. The van der Waals surface area contributed by atoms with Crippen molar-refractivity contribution >= 4 is 28.4 Å². The second-order valence-electron chi connectivity index (χ2n) is 14.2.